The number of ether oxygens (including phenoxy) is 2. The molecule has 1 aromatic carbocycles. The van der Waals surface area contributed by atoms with Gasteiger partial charge in [0.1, 0.15) is 6.61 Å². The topological polar surface area (TPSA) is 88.2 Å². The molecule has 4 rings (SSSR count). The second-order valence-electron chi connectivity index (χ2n) is 7.17. The van der Waals surface area contributed by atoms with Gasteiger partial charge in [-0.15, -0.1) is 0 Å². The maximum absolute atomic E-state index is 12.8. The highest BCUT2D eigenvalue weighted by Gasteiger charge is 2.39. The first kappa shape index (κ1) is 22.1. The van der Waals surface area contributed by atoms with Gasteiger partial charge < -0.3 is 24.6 Å². The molecule has 2 saturated heterocycles. The molecule has 2 atom stereocenters. The Labute approximate surface area is 196 Å². The minimum Gasteiger partial charge on any atom is -0.399 e. The lowest BCUT2D eigenvalue weighted by molar-refractivity contribution is -0.125. The van der Waals surface area contributed by atoms with Gasteiger partial charge in [0.05, 0.1) is 33.1 Å². The minimum absolute atomic E-state index is 0.0199. The van der Waals surface area contributed by atoms with Crippen LogP contribution >= 0.6 is 38.9 Å². The van der Waals surface area contributed by atoms with Crippen molar-refractivity contribution in [1.82, 2.24) is 5.32 Å². The van der Waals surface area contributed by atoms with Crippen molar-refractivity contribution in [1.29, 1.82) is 0 Å². The van der Waals surface area contributed by atoms with E-state index in [0.717, 1.165) is 3.79 Å². The second-order valence-corrected chi connectivity index (χ2v) is 10.0. The standard InChI is InChI=1S/C20H19BrClN3O5S/c1-11-14(23-20(28)30-18-5-4-16(21)31-18)9-25(19(11)27)12-2-3-15(13(22)8-12)24-6-7-29-10-17(24)26/h2-5,8,11,14H,6-7,9-10H2,1H3,(H,23,28). The van der Waals surface area contributed by atoms with E-state index in [4.69, 9.17) is 21.1 Å². The van der Waals surface area contributed by atoms with Gasteiger partial charge in [0, 0.05) is 18.8 Å². The van der Waals surface area contributed by atoms with E-state index >= 15 is 0 Å². The van der Waals surface area contributed by atoms with Crippen molar-refractivity contribution in [3.8, 4) is 5.06 Å². The molecule has 164 valence electrons. The Morgan fingerprint density at radius 3 is 2.77 bits per heavy atom. The van der Waals surface area contributed by atoms with Gasteiger partial charge in [-0.3, -0.25) is 9.59 Å². The van der Waals surface area contributed by atoms with E-state index in [1.54, 1.807) is 47.1 Å². The first-order chi connectivity index (χ1) is 14.8. The van der Waals surface area contributed by atoms with Gasteiger partial charge in [-0.1, -0.05) is 29.9 Å². The normalized spacial score (nSPS) is 21.5. The van der Waals surface area contributed by atoms with Crippen LogP contribution in [0.3, 0.4) is 0 Å². The zero-order valence-corrected chi connectivity index (χ0v) is 19.6. The third-order valence-electron chi connectivity index (χ3n) is 5.20. The SMILES string of the molecule is CC1C(=O)N(c2ccc(N3CCOCC3=O)c(Cl)c2)CC1NC(=O)Oc1ccc(Br)s1. The predicted molar refractivity (Wildman–Crippen MR) is 121 cm³/mol. The van der Waals surface area contributed by atoms with E-state index in [9.17, 15) is 14.4 Å². The fraction of sp³-hybridized carbons (Fsp3) is 0.350. The van der Waals surface area contributed by atoms with E-state index in [-0.39, 0.29) is 25.0 Å². The Morgan fingerprint density at radius 1 is 1.29 bits per heavy atom. The van der Waals surface area contributed by atoms with Crippen LogP contribution in [0.15, 0.2) is 34.1 Å². The van der Waals surface area contributed by atoms with Gasteiger partial charge >= 0.3 is 6.09 Å². The Balaban J connectivity index is 1.45. The molecule has 2 aromatic rings. The quantitative estimate of drug-likeness (QED) is 0.654. The predicted octanol–water partition coefficient (Wildman–Crippen LogP) is 3.67. The first-order valence-corrected chi connectivity index (χ1v) is 11.5. The van der Waals surface area contributed by atoms with E-state index in [2.05, 4.69) is 21.2 Å². The summed E-state index contributed by atoms with van der Waals surface area (Å²) in [5.41, 5.74) is 1.19. The van der Waals surface area contributed by atoms with Crippen LogP contribution in [0.25, 0.3) is 0 Å². The number of benzene rings is 1. The number of rotatable bonds is 4. The Hall–Kier alpha value is -2.14. The van der Waals surface area contributed by atoms with Crippen molar-refractivity contribution in [3.63, 3.8) is 0 Å². The number of nitrogens with zero attached hydrogens (tertiary/aromatic N) is 2. The molecule has 0 radical (unpaired) electrons. The Morgan fingerprint density at radius 2 is 2.10 bits per heavy atom. The molecular formula is C20H19BrClN3O5S. The van der Waals surface area contributed by atoms with Crippen molar-refractivity contribution < 1.29 is 23.9 Å². The molecule has 0 bridgehead atoms. The molecule has 8 nitrogen and oxygen atoms in total. The number of nitrogens with one attached hydrogen (secondary N) is 1. The molecule has 2 aliphatic rings. The van der Waals surface area contributed by atoms with E-state index < -0.39 is 18.1 Å². The fourth-order valence-corrected chi connectivity index (χ4v) is 5.02. The number of hydrogen-bond donors (Lipinski definition) is 1. The minimum atomic E-state index is -0.611. The summed E-state index contributed by atoms with van der Waals surface area (Å²) >= 11 is 11.0. The van der Waals surface area contributed by atoms with Crippen molar-refractivity contribution in [2.45, 2.75) is 13.0 Å². The highest BCUT2D eigenvalue weighted by Crippen LogP contribution is 2.34. The van der Waals surface area contributed by atoms with Crippen LogP contribution in [0, 0.1) is 5.92 Å². The monoisotopic (exact) mass is 527 g/mol. The van der Waals surface area contributed by atoms with Crippen LogP contribution in [0.4, 0.5) is 16.2 Å². The van der Waals surface area contributed by atoms with E-state index in [0.29, 0.717) is 34.6 Å². The molecule has 1 N–H and O–H groups in total. The average Bonchev–Trinajstić information content (AvgIpc) is 3.26. The second kappa shape index (κ2) is 9.15. The Bertz CT molecular complexity index is 1030. The van der Waals surface area contributed by atoms with E-state index in [1.807, 2.05) is 0 Å². The van der Waals surface area contributed by atoms with Gasteiger partial charge in [0.15, 0.2) is 5.06 Å². The van der Waals surface area contributed by atoms with Crippen molar-refractivity contribution in [3.05, 3.63) is 39.1 Å². The number of anilines is 2. The third kappa shape index (κ3) is 4.72. The molecular weight excluding hydrogens is 510 g/mol. The summed E-state index contributed by atoms with van der Waals surface area (Å²) in [6.45, 7) is 2.93. The molecule has 1 aromatic heterocycles. The van der Waals surface area contributed by atoms with Gasteiger partial charge in [-0.05, 0) is 46.3 Å². The lowest BCUT2D eigenvalue weighted by atomic mass is 10.1. The molecule has 0 aliphatic carbocycles. The Kier molecular flexibility index (Phi) is 6.52. The highest BCUT2D eigenvalue weighted by molar-refractivity contribution is 9.11. The van der Waals surface area contributed by atoms with Crippen molar-refractivity contribution >= 4 is 68.2 Å². The van der Waals surface area contributed by atoms with Crippen LogP contribution in [-0.4, -0.2) is 50.3 Å². The number of thiophene rings is 1. The maximum Gasteiger partial charge on any atom is 0.413 e. The molecule has 2 fully saturated rings. The summed E-state index contributed by atoms with van der Waals surface area (Å²) in [7, 11) is 0. The number of hydrogen-bond acceptors (Lipinski definition) is 6. The number of amides is 3. The molecule has 31 heavy (non-hydrogen) atoms. The third-order valence-corrected chi connectivity index (χ3v) is 7.01. The van der Waals surface area contributed by atoms with Crippen molar-refractivity contribution in [2.75, 3.05) is 36.1 Å². The van der Waals surface area contributed by atoms with Crippen LogP contribution in [0.1, 0.15) is 6.92 Å². The van der Waals surface area contributed by atoms with Crippen LogP contribution in [-0.2, 0) is 14.3 Å². The van der Waals surface area contributed by atoms with Crippen LogP contribution < -0.4 is 19.9 Å². The van der Waals surface area contributed by atoms with E-state index in [1.165, 1.54) is 11.3 Å². The summed E-state index contributed by atoms with van der Waals surface area (Å²) < 4.78 is 11.3. The number of carbonyl (C=O) groups is 3. The van der Waals surface area contributed by atoms with Crippen LogP contribution in [0.5, 0.6) is 5.06 Å². The lowest BCUT2D eigenvalue weighted by Gasteiger charge is -2.28. The summed E-state index contributed by atoms with van der Waals surface area (Å²) in [5, 5.41) is 3.59. The highest BCUT2D eigenvalue weighted by atomic mass is 79.9. The smallest absolute Gasteiger partial charge is 0.399 e. The number of carbonyl (C=O) groups excluding carboxylic acids is 3. The largest absolute Gasteiger partial charge is 0.413 e. The first-order valence-electron chi connectivity index (χ1n) is 9.56. The molecule has 3 heterocycles. The zero-order valence-electron chi connectivity index (χ0n) is 16.5. The number of halogens is 2. The van der Waals surface area contributed by atoms with Crippen LogP contribution in [0.2, 0.25) is 5.02 Å². The molecule has 2 unspecified atom stereocenters. The van der Waals surface area contributed by atoms with Gasteiger partial charge in [0.25, 0.3) is 5.91 Å². The molecule has 0 spiro atoms. The van der Waals surface area contributed by atoms with Crippen molar-refractivity contribution in [2.24, 2.45) is 5.92 Å². The van der Waals surface area contributed by atoms with Gasteiger partial charge in [-0.2, -0.15) is 0 Å². The lowest BCUT2D eigenvalue weighted by Crippen LogP contribution is -2.42. The van der Waals surface area contributed by atoms with Gasteiger partial charge in [-0.25, -0.2) is 4.79 Å². The number of morpholine rings is 1. The fourth-order valence-electron chi connectivity index (χ4n) is 3.55. The molecule has 0 saturated carbocycles. The molecule has 3 amide bonds. The zero-order chi connectivity index (χ0) is 22.1. The van der Waals surface area contributed by atoms with Gasteiger partial charge in [0.2, 0.25) is 5.91 Å². The molecule has 11 heteroatoms. The molecule has 2 aliphatic heterocycles. The summed E-state index contributed by atoms with van der Waals surface area (Å²) in [4.78, 5) is 40.3. The summed E-state index contributed by atoms with van der Waals surface area (Å²) in [6, 6.07) is 8.19. The summed E-state index contributed by atoms with van der Waals surface area (Å²) in [6.07, 6.45) is -0.611. The summed E-state index contributed by atoms with van der Waals surface area (Å²) in [5.74, 6) is -0.718. The average molecular weight is 529 g/mol. The maximum atomic E-state index is 12.8.